The van der Waals surface area contributed by atoms with Crippen LogP contribution >= 0.6 is 0 Å². The Labute approximate surface area is 161 Å². The molecule has 0 aliphatic heterocycles. The normalized spacial score (nSPS) is 14.3. The van der Waals surface area contributed by atoms with Gasteiger partial charge in [0.2, 0.25) is 0 Å². The van der Waals surface area contributed by atoms with Crippen LogP contribution in [-0.4, -0.2) is 40.5 Å². The second-order valence-corrected chi connectivity index (χ2v) is 7.23. The molecular weight excluding hydrogens is 342 g/mol. The Morgan fingerprint density at radius 2 is 2.00 bits per heavy atom. The maximum absolute atomic E-state index is 10.8. The Bertz CT molecular complexity index is 773. The molecule has 0 aliphatic rings. The second kappa shape index (κ2) is 9.08. The Kier molecular flexibility index (Phi) is 7.07. The third-order valence-electron chi connectivity index (χ3n) is 4.45. The van der Waals surface area contributed by atoms with Crippen molar-refractivity contribution in [1.82, 2.24) is 20.4 Å². The third kappa shape index (κ3) is 5.85. The van der Waals surface area contributed by atoms with E-state index in [1.807, 2.05) is 38.4 Å². The number of aryl methyl sites for hydroxylation is 5. The minimum atomic E-state index is -1.08. The number of guanidine groups is 1. The van der Waals surface area contributed by atoms with Crippen LogP contribution in [0, 0.1) is 27.7 Å². The molecule has 0 radical (unpaired) electrons. The van der Waals surface area contributed by atoms with Gasteiger partial charge in [0, 0.05) is 30.9 Å². The highest BCUT2D eigenvalue weighted by Gasteiger charge is 2.27. The molecule has 7 nitrogen and oxygen atoms in total. The number of nitrogens with one attached hydrogen (secondary N) is 2. The van der Waals surface area contributed by atoms with Gasteiger partial charge in [0.05, 0.1) is 12.2 Å². The third-order valence-corrected chi connectivity index (χ3v) is 4.45. The molecule has 2 rings (SSSR count). The van der Waals surface area contributed by atoms with E-state index < -0.39 is 5.60 Å². The predicted octanol–water partition coefficient (Wildman–Crippen LogP) is 2.56. The quantitative estimate of drug-likeness (QED) is 0.375. The van der Waals surface area contributed by atoms with Crippen LogP contribution in [0.3, 0.4) is 0 Å². The minimum absolute atomic E-state index is 0.250. The van der Waals surface area contributed by atoms with Crippen molar-refractivity contribution >= 4 is 5.96 Å². The largest absolute Gasteiger partial charge is 0.466 e. The first-order chi connectivity index (χ1) is 12.7. The number of hydrogen-bond donors (Lipinski definition) is 3. The van der Waals surface area contributed by atoms with E-state index in [1.165, 1.54) is 5.69 Å². The van der Waals surface area contributed by atoms with E-state index in [0.29, 0.717) is 5.96 Å². The van der Waals surface area contributed by atoms with Crippen molar-refractivity contribution in [1.29, 1.82) is 0 Å². The van der Waals surface area contributed by atoms with E-state index in [4.69, 9.17) is 4.42 Å². The van der Waals surface area contributed by atoms with E-state index in [0.717, 1.165) is 48.8 Å². The van der Waals surface area contributed by atoms with Crippen molar-refractivity contribution in [2.45, 2.75) is 60.1 Å². The number of nitrogens with zero attached hydrogens (tertiary/aromatic N) is 3. The van der Waals surface area contributed by atoms with Gasteiger partial charge < -0.3 is 20.2 Å². The molecule has 0 spiro atoms. The highest BCUT2D eigenvalue weighted by atomic mass is 16.3. The molecule has 0 aromatic carbocycles. The summed E-state index contributed by atoms with van der Waals surface area (Å²) in [5.74, 6) is 2.22. The molecule has 1 atom stereocenters. The van der Waals surface area contributed by atoms with Crippen LogP contribution < -0.4 is 10.6 Å². The average molecular weight is 376 g/mol. The highest BCUT2D eigenvalue weighted by molar-refractivity contribution is 5.79. The smallest absolute Gasteiger partial charge is 0.191 e. The number of rotatable bonds is 8. The number of aromatic nitrogens is 2. The lowest BCUT2D eigenvalue weighted by molar-refractivity contribution is 0.0657. The SMILES string of the molecule is CCNC(=NCC(C)(O)c1cc(C)oc1C)NCCCn1nc(C)cc1C. The second-order valence-electron chi connectivity index (χ2n) is 7.23. The van der Waals surface area contributed by atoms with Gasteiger partial charge in [-0.15, -0.1) is 0 Å². The monoisotopic (exact) mass is 375 g/mol. The van der Waals surface area contributed by atoms with Gasteiger partial charge in [-0.2, -0.15) is 5.10 Å². The van der Waals surface area contributed by atoms with Crippen LogP contribution in [0.15, 0.2) is 21.5 Å². The highest BCUT2D eigenvalue weighted by Crippen LogP contribution is 2.27. The maximum Gasteiger partial charge on any atom is 0.191 e. The number of aliphatic hydroxyl groups is 1. The van der Waals surface area contributed by atoms with Crippen LogP contribution in [0.5, 0.6) is 0 Å². The van der Waals surface area contributed by atoms with Gasteiger partial charge in [-0.3, -0.25) is 4.68 Å². The summed E-state index contributed by atoms with van der Waals surface area (Å²) >= 11 is 0. The molecular formula is C20H33N5O2. The Morgan fingerprint density at radius 1 is 1.26 bits per heavy atom. The Balaban J connectivity index is 1.91. The summed E-state index contributed by atoms with van der Waals surface area (Å²) in [6.07, 6.45) is 0.933. The van der Waals surface area contributed by atoms with Crippen molar-refractivity contribution < 1.29 is 9.52 Å². The van der Waals surface area contributed by atoms with Crippen molar-refractivity contribution in [2.75, 3.05) is 19.6 Å². The topological polar surface area (TPSA) is 87.6 Å². The molecule has 27 heavy (non-hydrogen) atoms. The summed E-state index contributed by atoms with van der Waals surface area (Å²) < 4.78 is 7.56. The Morgan fingerprint density at radius 3 is 2.56 bits per heavy atom. The van der Waals surface area contributed by atoms with Crippen LogP contribution in [0.1, 0.15) is 48.7 Å². The molecule has 0 amide bonds. The van der Waals surface area contributed by atoms with Gasteiger partial charge >= 0.3 is 0 Å². The molecule has 0 bridgehead atoms. The van der Waals surface area contributed by atoms with E-state index in [9.17, 15) is 5.11 Å². The van der Waals surface area contributed by atoms with Gasteiger partial charge in [-0.25, -0.2) is 4.99 Å². The van der Waals surface area contributed by atoms with Crippen LogP contribution in [0.25, 0.3) is 0 Å². The molecule has 1 unspecified atom stereocenters. The zero-order chi connectivity index (χ0) is 20.0. The molecule has 2 heterocycles. The maximum atomic E-state index is 10.8. The fraction of sp³-hybridized carbons (Fsp3) is 0.600. The van der Waals surface area contributed by atoms with Crippen molar-refractivity contribution in [3.8, 4) is 0 Å². The lowest BCUT2D eigenvalue weighted by Crippen LogP contribution is -2.39. The summed E-state index contributed by atoms with van der Waals surface area (Å²) in [6, 6.07) is 3.96. The summed E-state index contributed by atoms with van der Waals surface area (Å²) in [4.78, 5) is 4.56. The first kappa shape index (κ1) is 21.0. The Hall–Kier alpha value is -2.28. The molecule has 0 aliphatic carbocycles. The van der Waals surface area contributed by atoms with Crippen molar-refractivity contribution in [2.24, 2.45) is 4.99 Å². The summed E-state index contributed by atoms with van der Waals surface area (Å²) in [5, 5.41) is 21.8. The first-order valence-corrected chi connectivity index (χ1v) is 9.56. The molecule has 3 N–H and O–H groups in total. The minimum Gasteiger partial charge on any atom is -0.466 e. The zero-order valence-electron chi connectivity index (χ0n) is 17.4. The predicted molar refractivity (Wildman–Crippen MR) is 108 cm³/mol. The van der Waals surface area contributed by atoms with E-state index in [1.54, 1.807) is 6.92 Å². The average Bonchev–Trinajstić information content (AvgIpc) is 3.10. The molecule has 0 fully saturated rings. The lowest BCUT2D eigenvalue weighted by Gasteiger charge is -2.21. The molecule has 0 saturated carbocycles. The van der Waals surface area contributed by atoms with E-state index >= 15 is 0 Å². The van der Waals surface area contributed by atoms with Crippen LogP contribution in [-0.2, 0) is 12.1 Å². The molecule has 150 valence electrons. The lowest BCUT2D eigenvalue weighted by atomic mass is 9.96. The van der Waals surface area contributed by atoms with Gasteiger partial charge in [-0.05, 0) is 60.1 Å². The van der Waals surface area contributed by atoms with Gasteiger partial charge in [0.25, 0.3) is 0 Å². The fourth-order valence-corrected chi connectivity index (χ4v) is 3.16. The molecule has 2 aromatic heterocycles. The van der Waals surface area contributed by atoms with Gasteiger partial charge in [-0.1, -0.05) is 0 Å². The van der Waals surface area contributed by atoms with E-state index in [-0.39, 0.29) is 6.54 Å². The number of hydrogen-bond acceptors (Lipinski definition) is 4. The zero-order valence-corrected chi connectivity index (χ0v) is 17.4. The number of aliphatic imine (C=N–C) groups is 1. The summed E-state index contributed by atoms with van der Waals surface area (Å²) in [5.41, 5.74) is 1.93. The van der Waals surface area contributed by atoms with Gasteiger partial charge in [0.1, 0.15) is 17.1 Å². The van der Waals surface area contributed by atoms with Crippen molar-refractivity contribution in [3.05, 3.63) is 40.6 Å². The summed E-state index contributed by atoms with van der Waals surface area (Å²) in [7, 11) is 0. The van der Waals surface area contributed by atoms with E-state index in [2.05, 4.69) is 33.7 Å². The van der Waals surface area contributed by atoms with Crippen LogP contribution in [0.4, 0.5) is 0 Å². The van der Waals surface area contributed by atoms with Crippen molar-refractivity contribution in [3.63, 3.8) is 0 Å². The molecule has 0 saturated heterocycles. The van der Waals surface area contributed by atoms with Crippen LogP contribution in [0.2, 0.25) is 0 Å². The van der Waals surface area contributed by atoms with Gasteiger partial charge in [0.15, 0.2) is 5.96 Å². The summed E-state index contributed by atoms with van der Waals surface area (Å²) in [6.45, 7) is 14.2. The molecule has 2 aromatic rings. The number of furan rings is 1. The first-order valence-electron chi connectivity index (χ1n) is 9.56. The molecule has 7 heteroatoms. The standard InChI is InChI=1S/C20H33N5O2/c1-7-21-19(22-9-8-10-25-15(3)11-14(2)24-25)23-13-20(6,26)18-12-16(4)27-17(18)5/h11-12,26H,7-10,13H2,1-6H3,(H2,21,22,23). The fourth-order valence-electron chi connectivity index (χ4n) is 3.16.